The Bertz CT molecular complexity index is 791. The minimum absolute atomic E-state index is 0.00233. The molecule has 0 aromatic heterocycles. The molecule has 1 N–H and O–H groups in total. The van der Waals surface area contributed by atoms with Crippen LogP contribution in [0.1, 0.15) is 27.9 Å². The lowest BCUT2D eigenvalue weighted by atomic mass is 10.0. The molecule has 3 rings (SSSR count). The number of carboxylic acid groups (broad SMARTS) is 1. The van der Waals surface area contributed by atoms with Crippen molar-refractivity contribution in [3.05, 3.63) is 59.2 Å². The Labute approximate surface area is 115 Å². The van der Waals surface area contributed by atoms with Crippen LogP contribution in [0.4, 0.5) is 0 Å². The van der Waals surface area contributed by atoms with Crippen molar-refractivity contribution in [2.75, 3.05) is 0 Å². The Kier molecular flexibility index (Phi) is 2.85. The number of carboxylic acids is 1. The standard InChI is InChI=1S/C17H10O3/c18-16(19)7-3-4-11-8-9-13-12-5-1-2-6-14(12)17(20)15(13)10-11/h1-2,5-6,8-10H,7H2,(H,18,19). The molecule has 0 spiro atoms. The van der Waals surface area contributed by atoms with Crippen molar-refractivity contribution in [2.24, 2.45) is 0 Å². The van der Waals surface area contributed by atoms with Gasteiger partial charge in [-0.05, 0) is 23.3 Å². The number of rotatable bonds is 1. The highest BCUT2D eigenvalue weighted by atomic mass is 16.4. The molecule has 3 heteroatoms. The first-order chi connectivity index (χ1) is 9.66. The van der Waals surface area contributed by atoms with E-state index in [-0.39, 0.29) is 12.2 Å². The maximum Gasteiger partial charge on any atom is 0.315 e. The highest BCUT2D eigenvalue weighted by Gasteiger charge is 2.25. The van der Waals surface area contributed by atoms with Crippen molar-refractivity contribution in [3.8, 4) is 23.0 Å². The minimum Gasteiger partial charge on any atom is -0.481 e. The first-order valence-corrected chi connectivity index (χ1v) is 6.15. The Morgan fingerprint density at radius 2 is 1.70 bits per heavy atom. The van der Waals surface area contributed by atoms with E-state index in [4.69, 9.17) is 5.11 Å². The smallest absolute Gasteiger partial charge is 0.315 e. The lowest BCUT2D eigenvalue weighted by Gasteiger charge is -1.99. The summed E-state index contributed by atoms with van der Waals surface area (Å²) >= 11 is 0. The number of hydrogen-bond donors (Lipinski definition) is 1. The Morgan fingerprint density at radius 1 is 1.00 bits per heavy atom. The molecule has 1 aliphatic rings. The van der Waals surface area contributed by atoms with Crippen molar-refractivity contribution < 1.29 is 14.7 Å². The Balaban J connectivity index is 2.02. The van der Waals surface area contributed by atoms with Crippen LogP contribution in [0.3, 0.4) is 0 Å². The van der Waals surface area contributed by atoms with Gasteiger partial charge >= 0.3 is 5.97 Å². The molecule has 0 saturated carbocycles. The Hall–Kier alpha value is -2.86. The van der Waals surface area contributed by atoms with Gasteiger partial charge in [0, 0.05) is 16.7 Å². The molecule has 0 radical (unpaired) electrons. The molecule has 0 atom stereocenters. The van der Waals surface area contributed by atoms with Crippen LogP contribution in [0.5, 0.6) is 0 Å². The van der Waals surface area contributed by atoms with Crippen LogP contribution >= 0.6 is 0 Å². The molecule has 0 heterocycles. The topological polar surface area (TPSA) is 54.4 Å². The van der Waals surface area contributed by atoms with E-state index < -0.39 is 5.97 Å². The van der Waals surface area contributed by atoms with E-state index in [1.54, 1.807) is 6.07 Å². The highest BCUT2D eigenvalue weighted by molar-refractivity contribution is 6.21. The number of fused-ring (bicyclic) bond motifs is 3. The average Bonchev–Trinajstić information content (AvgIpc) is 2.73. The van der Waals surface area contributed by atoms with Crippen molar-refractivity contribution in [2.45, 2.75) is 6.42 Å². The molecule has 0 fully saturated rings. The maximum absolute atomic E-state index is 12.3. The van der Waals surface area contributed by atoms with Crippen LogP contribution < -0.4 is 0 Å². The molecule has 0 bridgehead atoms. The van der Waals surface area contributed by atoms with Gasteiger partial charge in [-0.25, -0.2) is 0 Å². The summed E-state index contributed by atoms with van der Waals surface area (Å²) in [5.41, 5.74) is 3.85. The van der Waals surface area contributed by atoms with Crippen LogP contribution in [-0.2, 0) is 4.79 Å². The van der Waals surface area contributed by atoms with Crippen molar-refractivity contribution in [1.29, 1.82) is 0 Å². The van der Waals surface area contributed by atoms with Gasteiger partial charge in [-0.1, -0.05) is 42.2 Å². The van der Waals surface area contributed by atoms with Crippen LogP contribution in [0.15, 0.2) is 42.5 Å². The number of ketones is 1. The van der Waals surface area contributed by atoms with E-state index in [0.29, 0.717) is 16.7 Å². The predicted molar refractivity (Wildman–Crippen MR) is 74.4 cm³/mol. The van der Waals surface area contributed by atoms with Gasteiger partial charge in [0.2, 0.25) is 0 Å². The molecule has 2 aromatic carbocycles. The van der Waals surface area contributed by atoms with E-state index in [1.807, 2.05) is 36.4 Å². The average molecular weight is 262 g/mol. The summed E-state index contributed by atoms with van der Waals surface area (Å²) in [6.45, 7) is 0. The summed E-state index contributed by atoms with van der Waals surface area (Å²) in [6.07, 6.45) is -0.203. The zero-order chi connectivity index (χ0) is 14.1. The summed E-state index contributed by atoms with van der Waals surface area (Å²) in [6, 6.07) is 12.9. The van der Waals surface area contributed by atoms with Crippen molar-refractivity contribution in [1.82, 2.24) is 0 Å². The van der Waals surface area contributed by atoms with Crippen LogP contribution in [0, 0.1) is 11.8 Å². The van der Waals surface area contributed by atoms with Gasteiger partial charge in [-0.15, -0.1) is 0 Å². The first-order valence-electron chi connectivity index (χ1n) is 6.15. The summed E-state index contributed by atoms with van der Waals surface area (Å²) in [7, 11) is 0. The molecule has 0 amide bonds. The third-order valence-electron chi connectivity index (χ3n) is 3.20. The van der Waals surface area contributed by atoms with E-state index in [9.17, 15) is 9.59 Å². The molecular weight excluding hydrogens is 252 g/mol. The molecule has 0 saturated heterocycles. The largest absolute Gasteiger partial charge is 0.481 e. The molecular formula is C17H10O3. The second-order valence-corrected chi connectivity index (χ2v) is 4.51. The summed E-state index contributed by atoms with van der Waals surface area (Å²) in [4.78, 5) is 22.7. The SMILES string of the molecule is O=C(O)CC#Cc1ccc2c(c1)C(=O)c1ccccc1-2. The van der Waals surface area contributed by atoms with Gasteiger partial charge in [-0.2, -0.15) is 0 Å². The summed E-state index contributed by atoms with van der Waals surface area (Å²) in [5.74, 6) is 4.38. The second kappa shape index (κ2) is 4.67. The van der Waals surface area contributed by atoms with Crippen molar-refractivity contribution >= 4 is 11.8 Å². The number of carbonyl (C=O) groups excluding carboxylic acids is 1. The zero-order valence-corrected chi connectivity index (χ0v) is 10.5. The first kappa shape index (κ1) is 12.2. The van der Waals surface area contributed by atoms with Gasteiger partial charge in [0.1, 0.15) is 6.42 Å². The predicted octanol–water partition coefficient (Wildman–Crippen LogP) is 2.72. The molecule has 0 aliphatic heterocycles. The quantitative estimate of drug-likeness (QED) is 0.686. The maximum atomic E-state index is 12.3. The molecule has 1 aliphatic carbocycles. The van der Waals surface area contributed by atoms with Gasteiger partial charge in [0.25, 0.3) is 0 Å². The van der Waals surface area contributed by atoms with Crippen molar-refractivity contribution in [3.63, 3.8) is 0 Å². The third-order valence-corrected chi connectivity index (χ3v) is 3.20. The molecule has 96 valence electrons. The fourth-order valence-corrected chi connectivity index (χ4v) is 2.33. The highest BCUT2D eigenvalue weighted by Crippen LogP contribution is 2.36. The Morgan fingerprint density at radius 3 is 2.45 bits per heavy atom. The molecule has 0 unspecified atom stereocenters. The summed E-state index contributed by atoms with van der Waals surface area (Å²) < 4.78 is 0. The van der Waals surface area contributed by atoms with Gasteiger partial charge in [0.05, 0.1) is 0 Å². The lowest BCUT2D eigenvalue weighted by Crippen LogP contribution is -1.95. The normalized spacial score (nSPS) is 11.3. The van der Waals surface area contributed by atoms with Crippen LogP contribution in [-0.4, -0.2) is 16.9 Å². The number of benzene rings is 2. The second-order valence-electron chi connectivity index (χ2n) is 4.51. The van der Waals surface area contributed by atoms with Gasteiger partial charge < -0.3 is 5.11 Å². The zero-order valence-electron chi connectivity index (χ0n) is 10.5. The molecule has 3 nitrogen and oxygen atoms in total. The lowest BCUT2D eigenvalue weighted by molar-refractivity contribution is -0.135. The monoisotopic (exact) mass is 262 g/mol. The third kappa shape index (κ3) is 1.98. The van der Waals surface area contributed by atoms with E-state index in [1.165, 1.54) is 0 Å². The minimum atomic E-state index is -0.956. The molecule has 2 aromatic rings. The van der Waals surface area contributed by atoms with E-state index in [0.717, 1.165) is 11.1 Å². The van der Waals surface area contributed by atoms with E-state index >= 15 is 0 Å². The molecule has 20 heavy (non-hydrogen) atoms. The number of carbonyl (C=O) groups is 2. The van der Waals surface area contributed by atoms with E-state index in [2.05, 4.69) is 11.8 Å². The fourth-order valence-electron chi connectivity index (χ4n) is 2.33. The summed E-state index contributed by atoms with van der Waals surface area (Å²) in [5, 5.41) is 8.55. The van der Waals surface area contributed by atoms with Crippen LogP contribution in [0.25, 0.3) is 11.1 Å². The van der Waals surface area contributed by atoms with Gasteiger partial charge in [-0.3, -0.25) is 9.59 Å². The van der Waals surface area contributed by atoms with Gasteiger partial charge in [0.15, 0.2) is 5.78 Å². The number of hydrogen-bond acceptors (Lipinski definition) is 2. The fraction of sp³-hybridized carbons (Fsp3) is 0.0588. The van der Waals surface area contributed by atoms with Crippen LogP contribution in [0.2, 0.25) is 0 Å². The number of aliphatic carboxylic acids is 1.